The average molecular weight is 447 g/mol. The van der Waals surface area contributed by atoms with Gasteiger partial charge in [0.2, 0.25) is 5.72 Å². The molecule has 0 saturated carbocycles. The van der Waals surface area contributed by atoms with Crippen molar-refractivity contribution in [2.75, 3.05) is 5.32 Å². The van der Waals surface area contributed by atoms with E-state index in [1.165, 1.54) is 12.1 Å². The summed E-state index contributed by atoms with van der Waals surface area (Å²) in [6.07, 6.45) is 0.462. The lowest BCUT2D eigenvalue weighted by Crippen LogP contribution is -2.57. The van der Waals surface area contributed by atoms with E-state index in [1.807, 2.05) is 50.2 Å². The van der Waals surface area contributed by atoms with E-state index in [0.717, 1.165) is 22.8 Å². The third-order valence-electron chi connectivity index (χ3n) is 6.43. The van der Waals surface area contributed by atoms with E-state index >= 15 is 0 Å². The molecule has 2 aliphatic heterocycles. The summed E-state index contributed by atoms with van der Waals surface area (Å²) >= 11 is 0. The fraction of sp³-hybridized carbons (Fsp3) is 0.333. The van der Waals surface area contributed by atoms with Crippen molar-refractivity contribution >= 4 is 33.8 Å². The summed E-state index contributed by atoms with van der Waals surface area (Å²) in [6.45, 7) is 7.96. The normalized spacial score (nSPS) is 21.8. The number of ether oxygens (including phenoxy) is 2. The predicted octanol–water partition coefficient (Wildman–Crippen LogP) is 6.35. The molecule has 0 aromatic heterocycles. The molecule has 1 N–H and O–H groups in total. The Labute approximate surface area is 192 Å². The number of fused-ring (bicyclic) bond motifs is 4. The van der Waals surface area contributed by atoms with Crippen molar-refractivity contribution in [3.8, 4) is 5.75 Å². The molecule has 6 heteroatoms. The zero-order valence-electron chi connectivity index (χ0n) is 19.2. The topological polar surface area (TPSA) is 59.9 Å². The van der Waals surface area contributed by atoms with Gasteiger partial charge in [-0.3, -0.25) is 0 Å². The van der Waals surface area contributed by atoms with Gasteiger partial charge in [-0.2, -0.15) is 0 Å². The highest BCUT2D eigenvalue weighted by Crippen LogP contribution is 2.50. The highest BCUT2D eigenvalue weighted by molar-refractivity contribution is 6.42. The van der Waals surface area contributed by atoms with E-state index in [2.05, 4.69) is 19.2 Å². The highest BCUT2D eigenvalue weighted by Gasteiger charge is 2.55. The first-order valence-electron chi connectivity index (χ1n) is 11.4. The summed E-state index contributed by atoms with van der Waals surface area (Å²) in [7, 11) is 0. The second-order valence-electron chi connectivity index (χ2n) is 9.36. The maximum atomic E-state index is 14.1. The van der Waals surface area contributed by atoms with Crippen molar-refractivity contribution in [3.05, 3.63) is 66.0 Å². The molecule has 5 rings (SSSR count). The van der Waals surface area contributed by atoms with Crippen LogP contribution < -0.4 is 10.1 Å². The monoisotopic (exact) mass is 446 g/mol. The molecule has 0 fully saturated rings. The molecule has 3 aromatic rings. The number of anilines is 1. The number of rotatable bonds is 4. The smallest absolute Gasteiger partial charge is 0.359 e. The summed E-state index contributed by atoms with van der Waals surface area (Å²) in [4.78, 5) is 18.4. The maximum absolute atomic E-state index is 14.1. The lowest BCUT2D eigenvalue weighted by molar-refractivity contribution is -0.141. The number of carbonyl (C=O) groups excluding carboxylic acids is 1. The van der Waals surface area contributed by atoms with Crippen LogP contribution >= 0.6 is 0 Å². The van der Waals surface area contributed by atoms with E-state index in [-0.39, 0.29) is 23.6 Å². The van der Waals surface area contributed by atoms with Crippen LogP contribution in [0, 0.1) is 11.7 Å². The zero-order valence-corrected chi connectivity index (χ0v) is 19.2. The Balaban J connectivity index is 1.64. The fourth-order valence-corrected chi connectivity index (χ4v) is 4.91. The van der Waals surface area contributed by atoms with Gasteiger partial charge in [0.05, 0.1) is 6.10 Å². The Kier molecular flexibility index (Phi) is 5.11. The minimum absolute atomic E-state index is 0.145. The van der Waals surface area contributed by atoms with Crippen LogP contribution in [0.2, 0.25) is 0 Å². The van der Waals surface area contributed by atoms with Gasteiger partial charge >= 0.3 is 5.97 Å². The van der Waals surface area contributed by atoms with Crippen molar-refractivity contribution in [2.24, 2.45) is 10.9 Å². The summed E-state index contributed by atoms with van der Waals surface area (Å²) in [5.41, 5.74) is 0.892. The average Bonchev–Trinajstić information content (AvgIpc) is 3.03. The first-order chi connectivity index (χ1) is 15.8. The minimum Gasteiger partial charge on any atom is -0.459 e. The van der Waals surface area contributed by atoms with Crippen LogP contribution in [-0.4, -0.2) is 23.5 Å². The molecule has 0 saturated heterocycles. The van der Waals surface area contributed by atoms with Crippen molar-refractivity contribution in [2.45, 2.75) is 51.9 Å². The van der Waals surface area contributed by atoms with E-state index < -0.39 is 11.7 Å². The van der Waals surface area contributed by atoms with Crippen molar-refractivity contribution in [1.82, 2.24) is 0 Å². The molecule has 3 unspecified atom stereocenters. The molecule has 2 heterocycles. The number of hydrogen-bond acceptors (Lipinski definition) is 5. The number of aliphatic imine (C=N–C) groups is 1. The number of halogens is 1. The second kappa shape index (κ2) is 7.87. The van der Waals surface area contributed by atoms with E-state index in [4.69, 9.17) is 14.5 Å². The number of nitrogens with zero attached hydrogens (tertiary/aromatic N) is 1. The zero-order chi connectivity index (χ0) is 23.3. The lowest BCUT2D eigenvalue weighted by Gasteiger charge is -2.38. The first kappa shape index (κ1) is 21.4. The number of esters is 1. The number of nitrogens with one attached hydrogen (secondary N) is 1. The molecule has 3 atom stereocenters. The minimum atomic E-state index is -1.29. The molecule has 0 radical (unpaired) electrons. The Morgan fingerprint density at radius 2 is 1.97 bits per heavy atom. The molecule has 0 bridgehead atoms. The Morgan fingerprint density at radius 3 is 2.76 bits per heavy atom. The van der Waals surface area contributed by atoms with Crippen molar-refractivity contribution in [3.63, 3.8) is 0 Å². The molecule has 0 amide bonds. The lowest BCUT2D eigenvalue weighted by atomic mass is 9.88. The van der Waals surface area contributed by atoms with Crippen LogP contribution in [0.3, 0.4) is 0 Å². The van der Waals surface area contributed by atoms with Gasteiger partial charge in [0, 0.05) is 17.0 Å². The summed E-state index contributed by atoms with van der Waals surface area (Å²) in [5.74, 6) is -0.308. The molecule has 170 valence electrons. The quantitative estimate of drug-likeness (QED) is 0.475. The number of hydrogen-bond donors (Lipinski definition) is 1. The predicted molar refractivity (Wildman–Crippen MR) is 128 cm³/mol. The third kappa shape index (κ3) is 3.54. The van der Waals surface area contributed by atoms with Gasteiger partial charge < -0.3 is 14.8 Å². The molecule has 5 nitrogen and oxygen atoms in total. The molecule has 0 aliphatic carbocycles. The molecular weight excluding hydrogens is 419 g/mol. The van der Waals surface area contributed by atoms with Gasteiger partial charge in [0.1, 0.15) is 17.3 Å². The van der Waals surface area contributed by atoms with Gasteiger partial charge in [-0.25, -0.2) is 14.2 Å². The van der Waals surface area contributed by atoms with Crippen LogP contribution in [0.5, 0.6) is 5.75 Å². The summed E-state index contributed by atoms with van der Waals surface area (Å²) in [6, 6.07) is 16.2. The van der Waals surface area contributed by atoms with E-state index in [0.29, 0.717) is 23.0 Å². The van der Waals surface area contributed by atoms with Crippen LogP contribution in [0.1, 0.15) is 45.6 Å². The van der Waals surface area contributed by atoms with Gasteiger partial charge in [0.25, 0.3) is 0 Å². The highest BCUT2D eigenvalue weighted by atomic mass is 19.1. The van der Waals surface area contributed by atoms with Gasteiger partial charge in [-0.05, 0) is 54.5 Å². The van der Waals surface area contributed by atoms with Gasteiger partial charge in [-0.1, -0.05) is 51.1 Å². The first-order valence-corrected chi connectivity index (χ1v) is 11.4. The van der Waals surface area contributed by atoms with Crippen LogP contribution in [0.4, 0.5) is 15.8 Å². The standard InChI is InChI=1S/C27H27FN2O3/c1-15(2)13-16(3)32-26(31)25-27(17(4)21-14-19(28)10-11-22(21)30-27)33-23-12-9-18-7-5-6-8-20(18)24(23)29-25/h5-12,14-17,30H,13H2,1-4H3. The number of carbonyl (C=O) groups is 1. The Bertz CT molecular complexity index is 1290. The summed E-state index contributed by atoms with van der Waals surface area (Å²) < 4.78 is 26.4. The fourth-order valence-electron chi connectivity index (χ4n) is 4.91. The van der Waals surface area contributed by atoms with E-state index in [9.17, 15) is 9.18 Å². The van der Waals surface area contributed by atoms with Crippen molar-refractivity contribution in [1.29, 1.82) is 0 Å². The molecule has 1 spiro atoms. The van der Waals surface area contributed by atoms with Gasteiger partial charge in [-0.15, -0.1) is 0 Å². The van der Waals surface area contributed by atoms with Crippen LogP contribution in [0.25, 0.3) is 10.8 Å². The maximum Gasteiger partial charge on any atom is 0.359 e. The van der Waals surface area contributed by atoms with Crippen molar-refractivity contribution < 1.29 is 18.7 Å². The Hall–Kier alpha value is -3.41. The SMILES string of the molecule is CC(C)CC(C)OC(=O)C1=Nc2c(ccc3ccccc23)OC12Nc1ccc(F)cc1C2C. The molecule has 2 aliphatic rings. The number of benzene rings is 3. The molecular formula is C27H27FN2O3. The van der Waals surface area contributed by atoms with Gasteiger partial charge in [0.15, 0.2) is 5.71 Å². The largest absolute Gasteiger partial charge is 0.459 e. The van der Waals surface area contributed by atoms with Crippen LogP contribution in [-0.2, 0) is 9.53 Å². The molecule has 3 aromatic carbocycles. The third-order valence-corrected chi connectivity index (χ3v) is 6.43. The van der Waals surface area contributed by atoms with E-state index in [1.54, 1.807) is 6.07 Å². The molecule has 33 heavy (non-hydrogen) atoms. The summed E-state index contributed by atoms with van der Waals surface area (Å²) in [5, 5.41) is 5.23. The van der Waals surface area contributed by atoms with Crippen LogP contribution in [0.15, 0.2) is 59.6 Å². The Morgan fingerprint density at radius 1 is 1.18 bits per heavy atom. The second-order valence-corrected chi connectivity index (χ2v) is 9.36.